The van der Waals surface area contributed by atoms with Gasteiger partial charge in [-0.05, 0) is 44.4 Å². The normalized spacial score (nSPS) is 35.9. The fraction of sp³-hybridized carbons (Fsp3) is 0.929. The van der Waals surface area contributed by atoms with Crippen molar-refractivity contribution in [1.82, 2.24) is 10.8 Å². The van der Waals surface area contributed by atoms with E-state index < -0.39 is 0 Å². The third kappa shape index (κ3) is 3.04. The molecule has 3 rings (SSSR count). The summed E-state index contributed by atoms with van der Waals surface area (Å²) < 4.78 is 0. The van der Waals surface area contributed by atoms with Gasteiger partial charge < -0.3 is 5.32 Å². The van der Waals surface area contributed by atoms with Crippen LogP contribution >= 0.6 is 0 Å². The van der Waals surface area contributed by atoms with Gasteiger partial charge >= 0.3 is 0 Å². The van der Waals surface area contributed by atoms with Crippen molar-refractivity contribution in [2.24, 2.45) is 5.92 Å². The Balaban J connectivity index is 1.38. The third-order valence-corrected chi connectivity index (χ3v) is 4.69. The van der Waals surface area contributed by atoms with Gasteiger partial charge in [0.25, 0.3) is 0 Å². The van der Waals surface area contributed by atoms with Crippen molar-refractivity contribution in [2.75, 3.05) is 0 Å². The first-order chi connectivity index (χ1) is 8.79. The van der Waals surface area contributed by atoms with E-state index in [9.17, 15) is 4.79 Å². The lowest BCUT2D eigenvalue weighted by Gasteiger charge is -2.28. The summed E-state index contributed by atoms with van der Waals surface area (Å²) >= 11 is 0. The Kier molecular flexibility index (Phi) is 3.85. The fourth-order valence-corrected chi connectivity index (χ4v) is 3.80. The Morgan fingerprint density at radius 1 is 1.11 bits per heavy atom. The van der Waals surface area contributed by atoms with Gasteiger partial charge in [-0.3, -0.25) is 9.63 Å². The maximum absolute atomic E-state index is 11.8. The van der Waals surface area contributed by atoms with Gasteiger partial charge in [-0.1, -0.05) is 12.8 Å². The first kappa shape index (κ1) is 12.4. The maximum Gasteiger partial charge on any atom is 0.243 e. The molecule has 2 atom stereocenters. The molecule has 3 fully saturated rings. The van der Waals surface area contributed by atoms with Crippen molar-refractivity contribution in [3.8, 4) is 0 Å². The van der Waals surface area contributed by atoms with Crippen LogP contribution in [0.2, 0.25) is 0 Å². The molecule has 18 heavy (non-hydrogen) atoms. The molecule has 0 aromatic rings. The molecule has 4 heteroatoms. The number of hydrogen-bond donors (Lipinski definition) is 2. The molecule has 1 amide bonds. The van der Waals surface area contributed by atoms with Gasteiger partial charge in [-0.2, -0.15) is 0 Å². The maximum atomic E-state index is 11.8. The first-order valence-corrected chi connectivity index (χ1v) is 7.50. The average Bonchev–Trinajstić information content (AvgIpc) is 2.97. The van der Waals surface area contributed by atoms with Crippen LogP contribution in [0.5, 0.6) is 0 Å². The highest BCUT2D eigenvalue weighted by Gasteiger charge is 2.34. The largest absolute Gasteiger partial charge is 0.311 e. The van der Waals surface area contributed by atoms with Crippen LogP contribution < -0.4 is 10.8 Å². The van der Waals surface area contributed by atoms with Gasteiger partial charge in [0.05, 0.1) is 6.10 Å². The average molecular weight is 252 g/mol. The van der Waals surface area contributed by atoms with E-state index >= 15 is 0 Å². The van der Waals surface area contributed by atoms with Crippen LogP contribution in [0.3, 0.4) is 0 Å². The highest BCUT2D eigenvalue weighted by molar-refractivity contribution is 5.75. The molecule has 2 N–H and O–H groups in total. The monoisotopic (exact) mass is 252 g/mol. The molecule has 0 spiro atoms. The molecule has 3 aliphatic rings. The lowest BCUT2D eigenvalue weighted by Crippen LogP contribution is -2.40. The van der Waals surface area contributed by atoms with Gasteiger partial charge in [-0.25, -0.2) is 5.48 Å². The molecule has 2 saturated heterocycles. The van der Waals surface area contributed by atoms with E-state index in [1.807, 2.05) is 0 Å². The number of nitrogens with one attached hydrogen (secondary N) is 2. The predicted molar refractivity (Wildman–Crippen MR) is 68.8 cm³/mol. The molecule has 4 nitrogen and oxygen atoms in total. The van der Waals surface area contributed by atoms with Gasteiger partial charge in [0.15, 0.2) is 0 Å². The van der Waals surface area contributed by atoms with Gasteiger partial charge in [0.1, 0.15) is 0 Å². The van der Waals surface area contributed by atoms with Crippen molar-refractivity contribution in [3.63, 3.8) is 0 Å². The number of hydroxylamine groups is 1. The van der Waals surface area contributed by atoms with E-state index in [1.54, 1.807) is 0 Å². The topological polar surface area (TPSA) is 50.4 Å². The van der Waals surface area contributed by atoms with Crippen LogP contribution in [0, 0.1) is 5.92 Å². The summed E-state index contributed by atoms with van der Waals surface area (Å²) in [6.07, 6.45) is 10.5. The Labute approximate surface area is 109 Å². The van der Waals surface area contributed by atoms with Crippen molar-refractivity contribution >= 4 is 5.91 Å². The Bertz CT molecular complexity index is 290. The molecule has 0 aromatic heterocycles. The first-order valence-electron chi connectivity index (χ1n) is 7.50. The summed E-state index contributed by atoms with van der Waals surface area (Å²) in [5, 5.41) is 3.61. The van der Waals surface area contributed by atoms with Gasteiger partial charge in [-0.15, -0.1) is 0 Å². The smallest absolute Gasteiger partial charge is 0.243 e. The molecule has 0 radical (unpaired) electrons. The number of carbonyl (C=O) groups excluding carboxylic acids is 1. The van der Waals surface area contributed by atoms with Crippen LogP contribution in [0.4, 0.5) is 0 Å². The van der Waals surface area contributed by atoms with Crippen LogP contribution in [0.15, 0.2) is 0 Å². The van der Waals surface area contributed by atoms with Crippen molar-refractivity contribution in [3.05, 3.63) is 0 Å². The number of amides is 1. The summed E-state index contributed by atoms with van der Waals surface area (Å²) in [5.74, 6) is 0.629. The molecular formula is C14H24N2O2. The summed E-state index contributed by atoms with van der Waals surface area (Å²) in [5.41, 5.74) is 2.66. The Morgan fingerprint density at radius 3 is 2.44 bits per heavy atom. The molecule has 1 aliphatic carbocycles. The minimum absolute atomic E-state index is 0.0770. The van der Waals surface area contributed by atoms with E-state index in [0.29, 0.717) is 24.4 Å². The molecule has 0 aromatic carbocycles. The number of carbonyl (C=O) groups is 1. The highest BCUT2D eigenvalue weighted by Crippen LogP contribution is 2.32. The quantitative estimate of drug-likeness (QED) is 0.751. The lowest BCUT2D eigenvalue weighted by atomic mass is 9.89. The Morgan fingerprint density at radius 2 is 1.78 bits per heavy atom. The van der Waals surface area contributed by atoms with Crippen LogP contribution in [-0.4, -0.2) is 24.1 Å². The molecule has 2 bridgehead atoms. The van der Waals surface area contributed by atoms with Crippen molar-refractivity contribution < 1.29 is 9.63 Å². The van der Waals surface area contributed by atoms with Gasteiger partial charge in [0.2, 0.25) is 5.91 Å². The lowest BCUT2D eigenvalue weighted by molar-refractivity contribution is -0.139. The SMILES string of the molecule is O=C(CC1CC2CCC(C1)N2)NOC1CCCC1. The van der Waals surface area contributed by atoms with E-state index in [-0.39, 0.29) is 12.0 Å². The summed E-state index contributed by atoms with van der Waals surface area (Å²) in [6, 6.07) is 1.33. The van der Waals surface area contributed by atoms with Crippen LogP contribution in [0.25, 0.3) is 0 Å². The zero-order valence-electron chi connectivity index (χ0n) is 11.0. The van der Waals surface area contributed by atoms with Gasteiger partial charge in [0, 0.05) is 18.5 Å². The summed E-state index contributed by atoms with van der Waals surface area (Å²) in [7, 11) is 0. The van der Waals surface area contributed by atoms with E-state index in [4.69, 9.17) is 4.84 Å². The second kappa shape index (κ2) is 5.57. The Hall–Kier alpha value is -0.610. The standard InChI is InChI=1S/C14H24N2O2/c17-14(16-18-13-3-1-2-4-13)9-10-7-11-5-6-12(8-10)15-11/h10-13,15H,1-9H2,(H,16,17). The minimum atomic E-state index is 0.0770. The molecule has 2 unspecified atom stereocenters. The zero-order chi connectivity index (χ0) is 12.4. The molecule has 1 saturated carbocycles. The predicted octanol–water partition coefficient (Wildman–Crippen LogP) is 1.90. The fourth-order valence-electron chi connectivity index (χ4n) is 3.80. The number of fused-ring (bicyclic) bond motifs is 2. The second-order valence-corrected chi connectivity index (χ2v) is 6.23. The van der Waals surface area contributed by atoms with Crippen LogP contribution in [0.1, 0.15) is 57.8 Å². The molecule has 2 heterocycles. The third-order valence-electron chi connectivity index (χ3n) is 4.69. The minimum Gasteiger partial charge on any atom is -0.311 e. The van der Waals surface area contributed by atoms with E-state index in [2.05, 4.69) is 10.8 Å². The van der Waals surface area contributed by atoms with Crippen molar-refractivity contribution in [2.45, 2.75) is 76.0 Å². The summed E-state index contributed by atoms with van der Waals surface area (Å²) in [6.45, 7) is 0. The van der Waals surface area contributed by atoms with E-state index in [0.717, 1.165) is 25.7 Å². The summed E-state index contributed by atoms with van der Waals surface area (Å²) in [4.78, 5) is 17.3. The molecule has 2 aliphatic heterocycles. The van der Waals surface area contributed by atoms with Crippen LogP contribution in [-0.2, 0) is 9.63 Å². The second-order valence-electron chi connectivity index (χ2n) is 6.23. The molecular weight excluding hydrogens is 228 g/mol. The van der Waals surface area contributed by atoms with Crippen molar-refractivity contribution in [1.29, 1.82) is 0 Å². The number of rotatable bonds is 4. The molecule has 102 valence electrons. The number of piperidine rings is 1. The highest BCUT2D eigenvalue weighted by atomic mass is 16.7. The number of hydrogen-bond acceptors (Lipinski definition) is 3. The zero-order valence-corrected chi connectivity index (χ0v) is 11.0. The van der Waals surface area contributed by atoms with E-state index in [1.165, 1.54) is 25.7 Å².